The molecule has 0 unspecified atom stereocenters. The van der Waals surface area contributed by atoms with Gasteiger partial charge >= 0.3 is 0 Å². The summed E-state index contributed by atoms with van der Waals surface area (Å²) in [7, 11) is 0. The molecule has 2 nitrogen and oxygen atoms in total. The Labute approximate surface area is 112 Å². The minimum Gasteiger partial charge on any atom is -0.295 e. The van der Waals surface area contributed by atoms with E-state index in [9.17, 15) is 0 Å². The maximum atomic E-state index is 4.68. The van der Waals surface area contributed by atoms with E-state index < -0.39 is 0 Å². The summed E-state index contributed by atoms with van der Waals surface area (Å²) in [5, 5.41) is 1.04. The van der Waals surface area contributed by atoms with Crippen LogP contribution >= 0.6 is 27.3 Å². The SMILES string of the molecule is Cc1ccc(C)n1-c1nc2ccc(Br)cc2s1. The zero-order chi connectivity index (χ0) is 12.0. The van der Waals surface area contributed by atoms with E-state index in [1.807, 2.05) is 12.1 Å². The van der Waals surface area contributed by atoms with Gasteiger partial charge in [0.2, 0.25) is 0 Å². The van der Waals surface area contributed by atoms with E-state index in [4.69, 9.17) is 0 Å². The van der Waals surface area contributed by atoms with Crippen molar-refractivity contribution in [3.63, 3.8) is 0 Å². The van der Waals surface area contributed by atoms with Gasteiger partial charge in [0.1, 0.15) is 0 Å². The van der Waals surface area contributed by atoms with Crippen molar-refractivity contribution in [2.45, 2.75) is 13.8 Å². The van der Waals surface area contributed by atoms with Gasteiger partial charge in [-0.05, 0) is 44.2 Å². The van der Waals surface area contributed by atoms with E-state index in [2.05, 4.69) is 57.5 Å². The Bertz CT molecular complexity index is 677. The van der Waals surface area contributed by atoms with Crippen molar-refractivity contribution >= 4 is 37.5 Å². The van der Waals surface area contributed by atoms with Crippen LogP contribution in [-0.2, 0) is 0 Å². The number of hydrogen-bond donors (Lipinski definition) is 0. The Morgan fingerprint density at radius 3 is 2.53 bits per heavy atom. The summed E-state index contributed by atoms with van der Waals surface area (Å²) in [5.41, 5.74) is 3.50. The van der Waals surface area contributed by atoms with Crippen molar-refractivity contribution in [2.75, 3.05) is 0 Å². The maximum Gasteiger partial charge on any atom is 0.195 e. The van der Waals surface area contributed by atoms with Gasteiger partial charge in [-0.2, -0.15) is 0 Å². The first-order chi connectivity index (χ1) is 8.15. The molecule has 0 saturated heterocycles. The normalized spacial score (nSPS) is 11.2. The van der Waals surface area contributed by atoms with Crippen LogP contribution in [-0.4, -0.2) is 9.55 Å². The molecule has 0 fully saturated rings. The van der Waals surface area contributed by atoms with Crippen LogP contribution < -0.4 is 0 Å². The summed E-state index contributed by atoms with van der Waals surface area (Å²) in [6, 6.07) is 10.4. The summed E-state index contributed by atoms with van der Waals surface area (Å²) < 4.78 is 4.50. The molecule has 0 aliphatic carbocycles. The molecule has 86 valence electrons. The third-order valence-corrected chi connectivity index (χ3v) is 4.30. The molecule has 0 atom stereocenters. The van der Waals surface area contributed by atoms with Crippen molar-refractivity contribution < 1.29 is 0 Å². The molecule has 17 heavy (non-hydrogen) atoms. The van der Waals surface area contributed by atoms with E-state index in [0.29, 0.717) is 0 Å². The van der Waals surface area contributed by atoms with Gasteiger partial charge in [0.15, 0.2) is 5.13 Å². The van der Waals surface area contributed by atoms with Gasteiger partial charge < -0.3 is 0 Å². The van der Waals surface area contributed by atoms with Gasteiger partial charge in [-0.25, -0.2) is 4.98 Å². The van der Waals surface area contributed by atoms with Crippen LogP contribution in [0.2, 0.25) is 0 Å². The molecule has 0 radical (unpaired) electrons. The quantitative estimate of drug-likeness (QED) is 0.649. The number of fused-ring (bicyclic) bond motifs is 1. The fraction of sp³-hybridized carbons (Fsp3) is 0.154. The highest BCUT2D eigenvalue weighted by molar-refractivity contribution is 9.10. The molecule has 1 aromatic carbocycles. The lowest BCUT2D eigenvalue weighted by molar-refractivity contribution is 0.955. The van der Waals surface area contributed by atoms with Crippen molar-refractivity contribution in [1.29, 1.82) is 0 Å². The predicted molar refractivity (Wildman–Crippen MR) is 76.1 cm³/mol. The molecular formula is C13H11BrN2S. The summed E-state index contributed by atoms with van der Waals surface area (Å²) in [6.07, 6.45) is 0. The third kappa shape index (κ3) is 1.81. The van der Waals surface area contributed by atoms with Crippen molar-refractivity contribution in [3.05, 3.63) is 46.2 Å². The number of hydrogen-bond acceptors (Lipinski definition) is 2. The fourth-order valence-corrected chi connectivity index (χ4v) is 3.59. The van der Waals surface area contributed by atoms with Crippen LogP contribution in [0.15, 0.2) is 34.8 Å². The number of nitrogens with zero attached hydrogens (tertiary/aromatic N) is 2. The Balaban J connectivity index is 2.25. The van der Waals surface area contributed by atoms with Gasteiger partial charge in [-0.15, -0.1) is 0 Å². The number of aromatic nitrogens is 2. The highest BCUT2D eigenvalue weighted by Gasteiger charge is 2.09. The minimum atomic E-state index is 1.04. The summed E-state index contributed by atoms with van der Waals surface area (Å²) in [4.78, 5) is 4.68. The molecular weight excluding hydrogens is 296 g/mol. The van der Waals surface area contributed by atoms with Gasteiger partial charge in [0.05, 0.1) is 10.2 Å². The van der Waals surface area contributed by atoms with Crippen molar-refractivity contribution in [3.8, 4) is 5.13 Å². The van der Waals surface area contributed by atoms with Gasteiger partial charge in [0, 0.05) is 15.9 Å². The Morgan fingerprint density at radius 2 is 1.82 bits per heavy atom. The van der Waals surface area contributed by atoms with Gasteiger partial charge in [-0.1, -0.05) is 27.3 Å². The Morgan fingerprint density at radius 1 is 1.12 bits per heavy atom. The average Bonchev–Trinajstić information content (AvgIpc) is 2.81. The van der Waals surface area contributed by atoms with Crippen LogP contribution in [0.4, 0.5) is 0 Å². The molecule has 3 aromatic rings. The monoisotopic (exact) mass is 306 g/mol. The Kier molecular flexibility index (Phi) is 2.56. The second-order valence-corrected chi connectivity index (χ2v) is 5.98. The van der Waals surface area contributed by atoms with Crippen LogP contribution in [0.1, 0.15) is 11.4 Å². The first-order valence-corrected chi connectivity index (χ1v) is 6.97. The molecule has 2 aromatic heterocycles. The lowest BCUT2D eigenvalue weighted by Gasteiger charge is -2.03. The minimum absolute atomic E-state index is 1.04. The zero-order valence-corrected chi connectivity index (χ0v) is 12.0. The number of halogens is 1. The average molecular weight is 307 g/mol. The smallest absolute Gasteiger partial charge is 0.195 e. The molecule has 3 rings (SSSR count). The Hall–Kier alpha value is -1.13. The molecule has 0 saturated carbocycles. The summed E-state index contributed by atoms with van der Waals surface area (Å²) in [5.74, 6) is 0. The first kappa shape index (κ1) is 11.0. The van der Waals surface area contributed by atoms with Crippen LogP contribution in [0.5, 0.6) is 0 Å². The topological polar surface area (TPSA) is 17.8 Å². The van der Waals surface area contributed by atoms with E-state index in [1.54, 1.807) is 11.3 Å². The molecule has 0 N–H and O–H groups in total. The van der Waals surface area contributed by atoms with Crippen LogP contribution in [0.25, 0.3) is 15.3 Å². The van der Waals surface area contributed by atoms with Crippen molar-refractivity contribution in [1.82, 2.24) is 9.55 Å². The summed E-state index contributed by atoms with van der Waals surface area (Å²) >= 11 is 5.21. The number of benzene rings is 1. The van der Waals surface area contributed by atoms with E-state index >= 15 is 0 Å². The molecule has 2 heterocycles. The third-order valence-electron chi connectivity index (χ3n) is 2.80. The lowest BCUT2D eigenvalue weighted by Crippen LogP contribution is -1.97. The predicted octanol–water partition coefficient (Wildman–Crippen LogP) is 4.47. The molecule has 0 aliphatic rings. The van der Waals surface area contributed by atoms with E-state index in [0.717, 1.165) is 15.1 Å². The fourth-order valence-electron chi connectivity index (χ4n) is 1.95. The number of rotatable bonds is 1. The molecule has 4 heteroatoms. The lowest BCUT2D eigenvalue weighted by atomic mass is 10.3. The largest absolute Gasteiger partial charge is 0.295 e. The number of thiazole rings is 1. The summed E-state index contributed by atoms with van der Waals surface area (Å²) in [6.45, 7) is 4.21. The second kappa shape index (κ2) is 3.96. The molecule has 0 spiro atoms. The van der Waals surface area contributed by atoms with Gasteiger partial charge in [0.25, 0.3) is 0 Å². The highest BCUT2D eigenvalue weighted by Crippen LogP contribution is 2.29. The van der Waals surface area contributed by atoms with Crippen LogP contribution in [0, 0.1) is 13.8 Å². The standard InChI is InChI=1S/C13H11BrN2S/c1-8-3-4-9(2)16(8)13-15-11-6-5-10(14)7-12(11)17-13/h3-7H,1-2H3. The van der Waals surface area contributed by atoms with E-state index in [1.165, 1.54) is 16.1 Å². The zero-order valence-electron chi connectivity index (χ0n) is 9.57. The molecule has 0 aliphatic heterocycles. The second-order valence-electron chi connectivity index (χ2n) is 4.06. The van der Waals surface area contributed by atoms with E-state index in [-0.39, 0.29) is 0 Å². The highest BCUT2D eigenvalue weighted by atomic mass is 79.9. The van der Waals surface area contributed by atoms with Crippen LogP contribution in [0.3, 0.4) is 0 Å². The molecule has 0 amide bonds. The van der Waals surface area contributed by atoms with Gasteiger partial charge in [-0.3, -0.25) is 4.57 Å². The number of aryl methyl sites for hydroxylation is 2. The van der Waals surface area contributed by atoms with Crippen molar-refractivity contribution in [2.24, 2.45) is 0 Å². The maximum absolute atomic E-state index is 4.68. The molecule has 0 bridgehead atoms. The first-order valence-electron chi connectivity index (χ1n) is 5.36.